The van der Waals surface area contributed by atoms with E-state index in [1.807, 2.05) is 12.2 Å². The second-order valence-corrected chi connectivity index (χ2v) is 5.34. The lowest BCUT2D eigenvalue weighted by atomic mass is 10.1. The Labute approximate surface area is 112 Å². The van der Waals surface area contributed by atoms with E-state index in [1.54, 1.807) is 0 Å². The average Bonchev–Trinajstić information content (AvgIpc) is 2.70. The van der Waals surface area contributed by atoms with Crippen LogP contribution in [0.15, 0.2) is 6.08 Å². The first-order valence-electron chi connectivity index (χ1n) is 5.14. The first kappa shape index (κ1) is 12.8. The van der Waals surface area contributed by atoms with Gasteiger partial charge in [0.05, 0.1) is 17.0 Å². The first-order valence-corrected chi connectivity index (χ1v) is 6.36. The summed E-state index contributed by atoms with van der Waals surface area (Å²) in [7, 11) is 0. The fourth-order valence-corrected chi connectivity index (χ4v) is 3.07. The molecule has 0 bridgehead atoms. The van der Waals surface area contributed by atoms with Crippen molar-refractivity contribution >= 4 is 46.4 Å². The van der Waals surface area contributed by atoms with Gasteiger partial charge in [-0.2, -0.15) is 0 Å². The van der Waals surface area contributed by atoms with Gasteiger partial charge >= 0.3 is 11.9 Å². The molecule has 0 saturated heterocycles. The summed E-state index contributed by atoms with van der Waals surface area (Å²) < 4.78 is 0. The number of carboxylic acids is 2. The topological polar surface area (TPSA) is 87.5 Å². The minimum absolute atomic E-state index is 0.295. The van der Waals surface area contributed by atoms with Crippen molar-refractivity contribution in [2.45, 2.75) is 18.8 Å². The van der Waals surface area contributed by atoms with E-state index in [0.29, 0.717) is 22.0 Å². The average molecular weight is 283 g/mol. The summed E-state index contributed by atoms with van der Waals surface area (Å²) in [6.07, 6.45) is 3.87. The van der Waals surface area contributed by atoms with E-state index < -0.39 is 24.3 Å². The number of nitrogens with zero attached hydrogens (tertiary/aromatic N) is 1. The number of allylic oxidation sites excluding steroid dienone is 1. The Morgan fingerprint density at radius 1 is 1.50 bits per heavy atom. The summed E-state index contributed by atoms with van der Waals surface area (Å²) in [6.45, 7) is 0. The van der Waals surface area contributed by atoms with Crippen LogP contribution in [0.5, 0.6) is 0 Å². The van der Waals surface area contributed by atoms with Crippen molar-refractivity contribution in [2.75, 3.05) is 0 Å². The van der Waals surface area contributed by atoms with Crippen LogP contribution in [0.4, 0.5) is 0 Å². The van der Waals surface area contributed by atoms with Gasteiger partial charge in [0.15, 0.2) is 0 Å². The standard InChI is InChI=1S/C11H9NO4S2/c13-8(14)4-5(11(15)16)10-12-9-6(17)2-1-3-7(9)18-10/h1,3,5H,2,4H2,(H,13,14)(H,15,16). The molecule has 0 saturated carbocycles. The van der Waals surface area contributed by atoms with Gasteiger partial charge in [-0.25, -0.2) is 4.98 Å². The highest BCUT2D eigenvalue weighted by Crippen LogP contribution is 2.31. The predicted molar refractivity (Wildman–Crippen MR) is 70.1 cm³/mol. The Morgan fingerprint density at radius 3 is 2.78 bits per heavy atom. The molecular formula is C11H9NO4S2. The second-order valence-electron chi connectivity index (χ2n) is 3.78. The number of carboxylic acid groups (broad SMARTS) is 2. The number of carbonyl (C=O) groups is 2. The van der Waals surface area contributed by atoms with E-state index in [1.165, 1.54) is 11.3 Å². The van der Waals surface area contributed by atoms with Crippen molar-refractivity contribution in [3.05, 3.63) is 21.7 Å². The molecule has 1 aliphatic rings. The van der Waals surface area contributed by atoms with Crippen molar-refractivity contribution in [3.8, 4) is 0 Å². The van der Waals surface area contributed by atoms with Gasteiger partial charge in [0.2, 0.25) is 0 Å². The largest absolute Gasteiger partial charge is 0.481 e. The molecule has 94 valence electrons. The highest BCUT2D eigenvalue weighted by Gasteiger charge is 2.28. The van der Waals surface area contributed by atoms with Crippen LogP contribution in [0.25, 0.3) is 6.08 Å². The minimum Gasteiger partial charge on any atom is -0.481 e. The van der Waals surface area contributed by atoms with E-state index in [-0.39, 0.29) is 0 Å². The third-order valence-electron chi connectivity index (χ3n) is 2.48. The van der Waals surface area contributed by atoms with E-state index >= 15 is 0 Å². The maximum absolute atomic E-state index is 11.1. The smallest absolute Gasteiger partial charge is 0.314 e. The van der Waals surface area contributed by atoms with Gasteiger partial charge in [-0.3, -0.25) is 9.59 Å². The molecule has 1 unspecified atom stereocenters. The van der Waals surface area contributed by atoms with E-state index in [2.05, 4.69) is 4.98 Å². The minimum atomic E-state index is -1.18. The number of hydrogen-bond acceptors (Lipinski definition) is 5. The Morgan fingerprint density at radius 2 is 2.22 bits per heavy atom. The van der Waals surface area contributed by atoms with Gasteiger partial charge in [0.1, 0.15) is 10.9 Å². The molecule has 1 aromatic heterocycles. The van der Waals surface area contributed by atoms with E-state index in [4.69, 9.17) is 22.4 Å². The third-order valence-corrected chi connectivity index (χ3v) is 3.98. The quantitative estimate of drug-likeness (QED) is 0.821. The van der Waals surface area contributed by atoms with Gasteiger partial charge in [-0.15, -0.1) is 11.3 Å². The molecule has 18 heavy (non-hydrogen) atoms. The zero-order chi connectivity index (χ0) is 13.3. The summed E-state index contributed by atoms with van der Waals surface area (Å²) in [5, 5.41) is 18.1. The van der Waals surface area contributed by atoms with Gasteiger partial charge in [-0.05, 0) is 6.08 Å². The molecule has 0 radical (unpaired) electrons. The van der Waals surface area contributed by atoms with Crippen molar-refractivity contribution in [2.24, 2.45) is 0 Å². The molecule has 1 aromatic rings. The van der Waals surface area contributed by atoms with Crippen molar-refractivity contribution in [1.29, 1.82) is 0 Å². The zero-order valence-corrected chi connectivity index (χ0v) is 10.8. The van der Waals surface area contributed by atoms with Gasteiger partial charge in [0.25, 0.3) is 0 Å². The fraction of sp³-hybridized carbons (Fsp3) is 0.273. The molecule has 1 heterocycles. The molecule has 0 aliphatic heterocycles. The number of aliphatic carboxylic acids is 2. The highest BCUT2D eigenvalue weighted by atomic mass is 32.1. The van der Waals surface area contributed by atoms with Crippen LogP contribution >= 0.6 is 23.6 Å². The van der Waals surface area contributed by atoms with Crippen LogP contribution in [0.2, 0.25) is 0 Å². The Hall–Kier alpha value is -1.60. The summed E-state index contributed by atoms with van der Waals surface area (Å²) in [4.78, 5) is 27.4. The van der Waals surface area contributed by atoms with Crippen LogP contribution in [0.1, 0.15) is 34.3 Å². The molecule has 0 fully saturated rings. The number of fused-ring (bicyclic) bond motifs is 1. The van der Waals surface area contributed by atoms with E-state index in [9.17, 15) is 9.59 Å². The van der Waals surface area contributed by atoms with Crippen LogP contribution in [-0.2, 0) is 9.59 Å². The highest BCUT2D eigenvalue weighted by molar-refractivity contribution is 7.80. The SMILES string of the molecule is O=C(O)CC(C(=O)O)c1nc2c(s1)C=CCC2=S. The molecule has 2 rings (SSSR count). The number of aromatic nitrogens is 1. The van der Waals surface area contributed by atoms with Crippen LogP contribution in [-0.4, -0.2) is 32.0 Å². The second kappa shape index (κ2) is 4.95. The van der Waals surface area contributed by atoms with Crippen molar-refractivity contribution < 1.29 is 19.8 Å². The number of hydrogen-bond donors (Lipinski definition) is 2. The molecule has 2 N–H and O–H groups in total. The van der Waals surface area contributed by atoms with Crippen LogP contribution < -0.4 is 0 Å². The lowest BCUT2D eigenvalue weighted by Gasteiger charge is -2.05. The molecular weight excluding hydrogens is 274 g/mol. The first-order chi connectivity index (χ1) is 8.49. The maximum atomic E-state index is 11.1. The predicted octanol–water partition coefficient (Wildman–Crippen LogP) is 1.92. The molecule has 1 atom stereocenters. The van der Waals surface area contributed by atoms with Gasteiger partial charge in [-0.1, -0.05) is 18.3 Å². The maximum Gasteiger partial charge on any atom is 0.314 e. The Balaban J connectivity index is 2.38. The Kier molecular flexibility index (Phi) is 3.53. The van der Waals surface area contributed by atoms with Crippen molar-refractivity contribution in [1.82, 2.24) is 4.98 Å². The number of rotatable bonds is 4. The van der Waals surface area contributed by atoms with Crippen LogP contribution in [0.3, 0.4) is 0 Å². The summed E-state index contributed by atoms with van der Waals surface area (Å²) >= 11 is 6.33. The van der Waals surface area contributed by atoms with Gasteiger partial charge in [0, 0.05) is 11.3 Å². The lowest BCUT2D eigenvalue weighted by Crippen LogP contribution is -2.16. The number of thiazole rings is 1. The molecule has 0 aromatic carbocycles. The molecule has 0 amide bonds. The Bertz CT molecular complexity index is 561. The number of thiocarbonyl (C=S) groups is 1. The molecule has 1 aliphatic carbocycles. The molecule has 5 nitrogen and oxygen atoms in total. The summed E-state index contributed by atoms with van der Waals surface area (Å²) in [5.41, 5.74) is 0.615. The van der Waals surface area contributed by atoms with E-state index in [0.717, 1.165) is 4.88 Å². The molecule has 7 heteroatoms. The fourth-order valence-electron chi connectivity index (χ4n) is 1.64. The van der Waals surface area contributed by atoms with Crippen LogP contribution in [0, 0.1) is 0 Å². The normalized spacial score (nSPS) is 15.2. The zero-order valence-electron chi connectivity index (χ0n) is 9.12. The van der Waals surface area contributed by atoms with Gasteiger partial charge < -0.3 is 10.2 Å². The molecule has 0 spiro atoms. The lowest BCUT2D eigenvalue weighted by molar-refractivity contribution is -0.145. The third kappa shape index (κ3) is 2.46. The monoisotopic (exact) mass is 283 g/mol. The van der Waals surface area contributed by atoms with Crippen molar-refractivity contribution in [3.63, 3.8) is 0 Å². The summed E-state index contributed by atoms with van der Waals surface area (Å²) in [5.74, 6) is -3.46. The summed E-state index contributed by atoms with van der Waals surface area (Å²) in [6, 6.07) is 0.